The van der Waals surface area contributed by atoms with Gasteiger partial charge in [0.15, 0.2) is 17.5 Å². The van der Waals surface area contributed by atoms with Crippen LogP contribution in [0, 0.1) is 0 Å². The molecule has 53 heavy (non-hydrogen) atoms. The molecular weight excluding hydrogens is 645 g/mol. The SMILES string of the molecule is c1ccc(-c2nc(-c3cc4ccccc4cc3-n3c4ccccc4c4ccccc43)nc(-c3cc4c5ccccc5ccc4c4ccccc34)n2)cc1. The number of para-hydroxylation sites is 2. The first-order valence-electron chi connectivity index (χ1n) is 18.0. The summed E-state index contributed by atoms with van der Waals surface area (Å²) in [5, 5.41) is 11.8. The smallest absolute Gasteiger partial charge is 0.166 e. The van der Waals surface area contributed by atoms with E-state index in [1.165, 1.54) is 37.7 Å². The monoisotopic (exact) mass is 674 g/mol. The van der Waals surface area contributed by atoms with Crippen LogP contribution in [0.25, 0.3) is 105 Å². The molecule has 11 rings (SSSR count). The molecule has 0 saturated heterocycles. The van der Waals surface area contributed by atoms with Crippen LogP contribution in [0.1, 0.15) is 0 Å². The summed E-state index contributed by atoms with van der Waals surface area (Å²) in [6.45, 7) is 0. The average molecular weight is 675 g/mol. The summed E-state index contributed by atoms with van der Waals surface area (Å²) >= 11 is 0. The summed E-state index contributed by atoms with van der Waals surface area (Å²) in [7, 11) is 0. The Hall–Kier alpha value is -7.17. The normalized spacial score (nSPS) is 11.8. The second kappa shape index (κ2) is 11.7. The second-order valence-corrected chi connectivity index (χ2v) is 13.6. The fraction of sp³-hybridized carbons (Fsp3) is 0. The van der Waals surface area contributed by atoms with Crippen LogP contribution in [-0.2, 0) is 0 Å². The standard InChI is InChI=1S/C49H30N4/c1-2-15-32(16-3-1)47-50-48(42-30-41-35-19-7-6-14-31(35)26-27-38(41)36-20-8-9-21-37(36)42)52-49(51-47)43-28-33-17-4-5-18-34(33)29-46(43)53-44-24-12-10-22-39(44)40-23-11-13-25-45(40)53/h1-30H. The Kier molecular flexibility index (Phi) is 6.52. The van der Waals surface area contributed by atoms with Gasteiger partial charge in [0.2, 0.25) is 0 Å². The molecule has 4 heteroatoms. The number of benzene rings is 9. The van der Waals surface area contributed by atoms with E-state index in [0.717, 1.165) is 49.6 Å². The zero-order valence-electron chi connectivity index (χ0n) is 28.6. The molecule has 9 aromatic carbocycles. The van der Waals surface area contributed by atoms with Crippen LogP contribution >= 0.6 is 0 Å². The minimum atomic E-state index is 0.624. The molecule has 0 fully saturated rings. The number of hydrogen-bond donors (Lipinski definition) is 0. The highest BCUT2D eigenvalue weighted by Crippen LogP contribution is 2.40. The maximum Gasteiger partial charge on any atom is 0.166 e. The molecule has 11 aromatic rings. The van der Waals surface area contributed by atoms with Crippen LogP contribution in [0.4, 0.5) is 0 Å². The Morgan fingerprint density at radius 2 is 0.811 bits per heavy atom. The van der Waals surface area contributed by atoms with Gasteiger partial charge in [-0.1, -0.05) is 152 Å². The molecule has 2 heterocycles. The van der Waals surface area contributed by atoms with E-state index >= 15 is 0 Å². The van der Waals surface area contributed by atoms with Gasteiger partial charge in [0, 0.05) is 27.5 Å². The first-order chi connectivity index (χ1) is 26.3. The topological polar surface area (TPSA) is 43.6 Å². The number of rotatable bonds is 4. The quantitative estimate of drug-likeness (QED) is 0.175. The van der Waals surface area contributed by atoms with Crippen molar-refractivity contribution in [2.75, 3.05) is 0 Å². The zero-order valence-corrected chi connectivity index (χ0v) is 28.6. The van der Waals surface area contributed by atoms with Crippen molar-refractivity contribution in [1.82, 2.24) is 19.5 Å². The molecule has 0 unspecified atom stereocenters. The van der Waals surface area contributed by atoms with Gasteiger partial charge >= 0.3 is 0 Å². The lowest BCUT2D eigenvalue weighted by atomic mass is 9.93. The van der Waals surface area contributed by atoms with Crippen molar-refractivity contribution in [2.24, 2.45) is 0 Å². The van der Waals surface area contributed by atoms with Gasteiger partial charge in [0.05, 0.1) is 16.7 Å². The fourth-order valence-corrected chi connectivity index (χ4v) is 8.15. The highest BCUT2D eigenvalue weighted by molar-refractivity contribution is 6.20. The summed E-state index contributed by atoms with van der Waals surface area (Å²) in [5.41, 5.74) is 6.14. The molecule has 4 nitrogen and oxygen atoms in total. The van der Waals surface area contributed by atoms with Gasteiger partial charge < -0.3 is 4.57 Å². The van der Waals surface area contributed by atoms with E-state index in [1.54, 1.807) is 0 Å². The summed E-state index contributed by atoms with van der Waals surface area (Å²) in [6, 6.07) is 64.5. The van der Waals surface area contributed by atoms with Crippen LogP contribution in [0.15, 0.2) is 182 Å². The van der Waals surface area contributed by atoms with Crippen molar-refractivity contribution < 1.29 is 0 Å². The van der Waals surface area contributed by atoms with Crippen LogP contribution in [0.2, 0.25) is 0 Å². The summed E-state index contributed by atoms with van der Waals surface area (Å²) in [4.78, 5) is 16.0. The maximum absolute atomic E-state index is 5.44. The van der Waals surface area contributed by atoms with E-state index in [2.05, 4.69) is 168 Å². The summed E-state index contributed by atoms with van der Waals surface area (Å²) in [6.07, 6.45) is 0. The minimum Gasteiger partial charge on any atom is -0.308 e. The van der Waals surface area contributed by atoms with Crippen molar-refractivity contribution in [3.05, 3.63) is 182 Å². The van der Waals surface area contributed by atoms with Gasteiger partial charge in [-0.25, -0.2) is 15.0 Å². The average Bonchev–Trinajstić information content (AvgIpc) is 3.57. The molecule has 0 aliphatic carbocycles. The van der Waals surface area contributed by atoms with Gasteiger partial charge in [-0.2, -0.15) is 0 Å². The Labute approximate surface area is 305 Å². The minimum absolute atomic E-state index is 0.624. The van der Waals surface area contributed by atoms with Gasteiger partial charge in [0.25, 0.3) is 0 Å². The first-order valence-corrected chi connectivity index (χ1v) is 18.0. The van der Waals surface area contributed by atoms with Crippen LogP contribution in [0.5, 0.6) is 0 Å². The molecule has 0 saturated carbocycles. The van der Waals surface area contributed by atoms with Crippen LogP contribution in [0.3, 0.4) is 0 Å². The Bertz CT molecular complexity index is 3180. The largest absolute Gasteiger partial charge is 0.308 e. The Balaban J connectivity index is 1.26. The fourth-order valence-electron chi connectivity index (χ4n) is 8.15. The van der Waals surface area contributed by atoms with Gasteiger partial charge in [-0.3, -0.25) is 0 Å². The third-order valence-corrected chi connectivity index (χ3v) is 10.6. The lowest BCUT2D eigenvalue weighted by Gasteiger charge is -2.17. The number of fused-ring (bicyclic) bond motifs is 9. The highest BCUT2D eigenvalue weighted by atomic mass is 15.1. The van der Waals surface area contributed by atoms with E-state index in [-0.39, 0.29) is 0 Å². The predicted octanol–water partition coefficient (Wildman–Crippen LogP) is 12.6. The van der Waals surface area contributed by atoms with Crippen molar-refractivity contribution in [3.63, 3.8) is 0 Å². The van der Waals surface area contributed by atoms with Gasteiger partial charge in [-0.05, 0) is 73.4 Å². The molecule has 0 N–H and O–H groups in total. The van der Waals surface area contributed by atoms with E-state index < -0.39 is 0 Å². The first kappa shape index (κ1) is 29.5. The Morgan fingerprint density at radius 3 is 1.53 bits per heavy atom. The third-order valence-electron chi connectivity index (χ3n) is 10.6. The molecule has 0 aliphatic rings. The van der Waals surface area contributed by atoms with Crippen molar-refractivity contribution in [3.8, 4) is 39.9 Å². The van der Waals surface area contributed by atoms with Crippen molar-refractivity contribution in [1.29, 1.82) is 0 Å². The molecule has 246 valence electrons. The summed E-state index contributed by atoms with van der Waals surface area (Å²) < 4.78 is 2.37. The highest BCUT2D eigenvalue weighted by Gasteiger charge is 2.21. The molecular formula is C49H30N4. The van der Waals surface area contributed by atoms with Crippen molar-refractivity contribution in [2.45, 2.75) is 0 Å². The Morgan fingerprint density at radius 1 is 0.302 bits per heavy atom. The van der Waals surface area contributed by atoms with Gasteiger partial charge in [0.1, 0.15) is 0 Å². The number of nitrogens with zero attached hydrogens (tertiary/aromatic N) is 4. The molecule has 2 aromatic heterocycles. The van der Waals surface area contributed by atoms with E-state index in [9.17, 15) is 0 Å². The maximum atomic E-state index is 5.44. The lowest BCUT2D eigenvalue weighted by Crippen LogP contribution is -2.04. The second-order valence-electron chi connectivity index (χ2n) is 13.6. The van der Waals surface area contributed by atoms with E-state index in [0.29, 0.717) is 17.5 Å². The third kappa shape index (κ3) is 4.66. The molecule has 0 atom stereocenters. The van der Waals surface area contributed by atoms with Crippen molar-refractivity contribution >= 4 is 64.9 Å². The van der Waals surface area contributed by atoms with Crippen LogP contribution < -0.4 is 0 Å². The van der Waals surface area contributed by atoms with E-state index in [4.69, 9.17) is 15.0 Å². The van der Waals surface area contributed by atoms with Crippen LogP contribution in [-0.4, -0.2) is 19.5 Å². The predicted molar refractivity (Wildman–Crippen MR) is 220 cm³/mol. The van der Waals surface area contributed by atoms with Gasteiger partial charge in [-0.15, -0.1) is 0 Å². The van der Waals surface area contributed by atoms with E-state index in [1.807, 2.05) is 18.2 Å². The zero-order chi connectivity index (χ0) is 34.9. The molecule has 0 spiro atoms. The summed E-state index contributed by atoms with van der Waals surface area (Å²) in [5.74, 6) is 1.90. The molecule has 0 radical (unpaired) electrons. The number of aromatic nitrogens is 4. The lowest BCUT2D eigenvalue weighted by molar-refractivity contribution is 1.07. The number of hydrogen-bond acceptors (Lipinski definition) is 3. The molecule has 0 aliphatic heterocycles. The molecule has 0 amide bonds. The molecule has 0 bridgehead atoms.